The topological polar surface area (TPSA) is 54.0 Å². The summed E-state index contributed by atoms with van der Waals surface area (Å²) in [5.41, 5.74) is 1.72. The zero-order chi connectivity index (χ0) is 23.4. The Kier molecular flexibility index (Phi) is 11.0. The molecule has 0 unspecified atom stereocenters. The average Bonchev–Trinajstić information content (AvgIpc) is 2.81. The van der Waals surface area contributed by atoms with Crippen LogP contribution in [0.2, 0.25) is 0 Å². The molecule has 6 heteroatoms. The van der Waals surface area contributed by atoms with Crippen LogP contribution in [-0.2, 0) is 16.9 Å². The van der Waals surface area contributed by atoms with Gasteiger partial charge in [-0.05, 0) is 30.7 Å². The lowest BCUT2D eigenvalue weighted by atomic mass is 10.1. The van der Waals surface area contributed by atoms with Crippen LogP contribution in [0.1, 0.15) is 56.6 Å². The van der Waals surface area contributed by atoms with E-state index in [0.717, 1.165) is 24.0 Å². The fourth-order valence-corrected chi connectivity index (χ4v) is 7.14. The molecule has 5 nitrogen and oxygen atoms in total. The van der Waals surface area contributed by atoms with Crippen LogP contribution in [-0.4, -0.2) is 34.6 Å². The summed E-state index contributed by atoms with van der Waals surface area (Å²) >= 11 is 0. The van der Waals surface area contributed by atoms with Crippen molar-refractivity contribution in [1.29, 1.82) is 0 Å². The average molecular weight is 463 g/mol. The highest BCUT2D eigenvalue weighted by Gasteiger charge is 2.29. The van der Waals surface area contributed by atoms with Gasteiger partial charge in [0.05, 0.1) is 35.6 Å². The molecule has 0 radical (unpaired) electrons. The molecule has 0 aliphatic rings. The van der Waals surface area contributed by atoms with Crippen molar-refractivity contribution in [1.82, 2.24) is 0 Å². The number of hydrogen-bond acceptors (Lipinski definition) is 5. The Morgan fingerprint density at radius 3 is 1.38 bits per heavy atom. The maximum Gasteiger partial charge on any atom is 0.126 e. The Morgan fingerprint density at radius 1 is 0.625 bits per heavy atom. The number of benzene rings is 2. The number of rotatable bonds is 15. The first-order valence-electron chi connectivity index (χ1n) is 11.5. The molecule has 0 spiro atoms. The van der Waals surface area contributed by atoms with E-state index in [1.54, 1.807) is 28.4 Å². The summed E-state index contributed by atoms with van der Waals surface area (Å²) in [6.45, 7) is 2.22. The van der Waals surface area contributed by atoms with Gasteiger partial charge < -0.3 is 23.5 Å². The number of unbranched alkanes of at least 4 members (excludes halogenated alkanes) is 5. The molecule has 2 aromatic rings. The van der Waals surface area contributed by atoms with Gasteiger partial charge in [0.1, 0.15) is 23.0 Å². The molecule has 2 rings (SSSR count). The zero-order valence-corrected chi connectivity index (χ0v) is 21.2. The van der Waals surface area contributed by atoms with Crippen molar-refractivity contribution in [2.75, 3.05) is 34.6 Å². The zero-order valence-electron chi connectivity index (χ0n) is 20.3. The van der Waals surface area contributed by atoms with Crippen LogP contribution < -0.4 is 18.9 Å². The Hall–Kier alpha value is -2.13. The molecule has 0 fully saturated rings. The van der Waals surface area contributed by atoms with Crippen molar-refractivity contribution >= 4 is 7.14 Å². The van der Waals surface area contributed by atoms with E-state index in [2.05, 4.69) is 6.92 Å². The van der Waals surface area contributed by atoms with Gasteiger partial charge in [-0.15, -0.1) is 0 Å². The van der Waals surface area contributed by atoms with Crippen molar-refractivity contribution in [2.24, 2.45) is 0 Å². The summed E-state index contributed by atoms with van der Waals surface area (Å²) in [7, 11) is 3.86. The van der Waals surface area contributed by atoms with E-state index in [0.29, 0.717) is 41.5 Å². The second kappa shape index (κ2) is 13.4. The Labute approximate surface area is 193 Å². The lowest BCUT2D eigenvalue weighted by molar-refractivity contribution is 0.386. The third kappa shape index (κ3) is 7.20. The molecule has 0 amide bonds. The molecule has 0 saturated heterocycles. The van der Waals surface area contributed by atoms with E-state index in [1.165, 1.54) is 25.7 Å². The first kappa shape index (κ1) is 26.1. The maximum atomic E-state index is 14.5. The molecule has 0 bridgehead atoms. The summed E-state index contributed by atoms with van der Waals surface area (Å²) in [4.78, 5) is 0. The molecular formula is C26H39O5P. The Balaban J connectivity index is 2.36. The van der Waals surface area contributed by atoms with E-state index in [1.807, 2.05) is 36.4 Å². The number of hydrogen-bond donors (Lipinski definition) is 0. The van der Waals surface area contributed by atoms with E-state index < -0.39 is 7.14 Å². The fourth-order valence-electron chi connectivity index (χ4n) is 4.14. The molecule has 2 aromatic carbocycles. The standard InChI is InChI=1S/C26H39O5P/c1-6-7-8-9-10-11-18-32(27,19-21-23(28-2)14-12-15-24(21)29-3)20-22-25(30-4)16-13-17-26(22)31-5/h12-17H,6-11,18-20H2,1-5H3. The molecule has 0 aliphatic heterocycles. The largest absolute Gasteiger partial charge is 0.496 e. The second-order valence-corrected chi connectivity index (χ2v) is 11.3. The molecule has 32 heavy (non-hydrogen) atoms. The monoisotopic (exact) mass is 462 g/mol. The SMILES string of the molecule is CCCCCCCCP(=O)(Cc1c(OC)cccc1OC)Cc1c(OC)cccc1OC. The van der Waals surface area contributed by atoms with Gasteiger partial charge in [0.25, 0.3) is 0 Å². The van der Waals surface area contributed by atoms with Crippen LogP contribution >= 0.6 is 7.14 Å². The van der Waals surface area contributed by atoms with E-state index >= 15 is 0 Å². The van der Waals surface area contributed by atoms with Gasteiger partial charge in [-0.25, -0.2) is 0 Å². The predicted octanol–water partition coefficient (Wildman–Crippen LogP) is 7.14. The van der Waals surface area contributed by atoms with E-state index in [-0.39, 0.29) is 0 Å². The lowest BCUT2D eigenvalue weighted by Crippen LogP contribution is -2.05. The van der Waals surface area contributed by atoms with Gasteiger partial charge in [-0.1, -0.05) is 51.2 Å². The third-order valence-corrected chi connectivity index (χ3v) is 8.79. The van der Waals surface area contributed by atoms with Crippen LogP contribution in [0.4, 0.5) is 0 Å². The molecule has 178 valence electrons. The van der Waals surface area contributed by atoms with Gasteiger partial charge in [0.2, 0.25) is 0 Å². The minimum Gasteiger partial charge on any atom is -0.496 e. The van der Waals surface area contributed by atoms with Crippen molar-refractivity contribution < 1.29 is 23.5 Å². The minimum atomic E-state index is -2.70. The van der Waals surface area contributed by atoms with Gasteiger partial charge in [-0.3, -0.25) is 0 Å². The molecule has 0 aliphatic carbocycles. The first-order chi connectivity index (χ1) is 15.5. The highest BCUT2D eigenvalue weighted by molar-refractivity contribution is 7.62. The van der Waals surface area contributed by atoms with Crippen molar-refractivity contribution in [3.05, 3.63) is 47.5 Å². The van der Waals surface area contributed by atoms with E-state index in [9.17, 15) is 4.57 Å². The van der Waals surface area contributed by atoms with Crippen molar-refractivity contribution in [3.8, 4) is 23.0 Å². The van der Waals surface area contributed by atoms with Gasteiger partial charge in [0, 0.05) is 29.6 Å². The van der Waals surface area contributed by atoms with Crippen LogP contribution in [0, 0.1) is 0 Å². The second-order valence-electron chi connectivity index (χ2n) is 8.15. The van der Waals surface area contributed by atoms with Gasteiger partial charge >= 0.3 is 0 Å². The van der Waals surface area contributed by atoms with Crippen molar-refractivity contribution in [3.63, 3.8) is 0 Å². The molecular weight excluding hydrogens is 423 g/mol. The lowest BCUT2D eigenvalue weighted by Gasteiger charge is -2.23. The number of methoxy groups -OCH3 is 4. The summed E-state index contributed by atoms with van der Waals surface area (Å²) in [5, 5.41) is 0. The molecule has 0 N–H and O–H groups in total. The molecule has 0 heterocycles. The molecule has 0 saturated carbocycles. The normalized spacial score (nSPS) is 11.3. The van der Waals surface area contributed by atoms with Gasteiger partial charge in [0.15, 0.2) is 0 Å². The van der Waals surface area contributed by atoms with Crippen LogP contribution in [0.5, 0.6) is 23.0 Å². The highest BCUT2D eigenvalue weighted by atomic mass is 31.2. The summed E-state index contributed by atoms with van der Waals surface area (Å²) in [6, 6.07) is 11.4. The van der Waals surface area contributed by atoms with Crippen LogP contribution in [0.25, 0.3) is 0 Å². The summed E-state index contributed by atoms with van der Waals surface area (Å²) in [6.07, 6.45) is 8.43. The van der Waals surface area contributed by atoms with Crippen molar-refractivity contribution in [2.45, 2.75) is 57.8 Å². The van der Waals surface area contributed by atoms with E-state index in [4.69, 9.17) is 18.9 Å². The fraction of sp³-hybridized carbons (Fsp3) is 0.538. The van der Waals surface area contributed by atoms with Gasteiger partial charge in [-0.2, -0.15) is 0 Å². The maximum absolute atomic E-state index is 14.5. The highest BCUT2D eigenvalue weighted by Crippen LogP contribution is 2.57. The Morgan fingerprint density at radius 2 is 1.00 bits per heavy atom. The van der Waals surface area contributed by atoms with Crippen LogP contribution in [0.15, 0.2) is 36.4 Å². The minimum absolute atomic E-state index is 0.413. The first-order valence-corrected chi connectivity index (χ1v) is 13.7. The third-order valence-electron chi connectivity index (χ3n) is 5.87. The molecule has 0 atom stereocenters. The predicted molar refractivity (Wildman–Crippen MR) is 132 cm³/mol. The number of ether oxygens (including phenoxy) is 4. The summed E-state index contributed by atoms with van der Waals surface area (Å²) in [5.74, 6) is 2.83. The summed E-state index contributed by atoms with van der Waals surface area (Å²) < 4.78 is 36.9. The Bertz CT molecular complexity index is 775. The quantitative estimate of drug-likeness (QED) is 0.208. The molecule has 0 aromatic heterocycles. The smallest absolute Gasteiger partial charge is 0.126 e. The van der Waals surface area contributed by atoms with Crippen LogP contribution in [0.3, 0.4) is 0 Å².